The van der Waals surface area contributed by atoms with E-state index in [9.17, 15) is 9.59 Å². The minimum atomic E-state index is -0.390. The van der Waals surface area contributed by atoms with E-state index in [1.807, 2.05) is 0 Å². The molecule has 0 fully saturated rings. The number of halogens is 1. The van der Waals surface area contributed by atoms with E-state index in [1.54, 1.807) is 18.2 Å². The molecule has 0 aliphatic heterocycles. The average Bonchev–Trinajstić information content (AvgIpc) is 2.44. The molecular weight excluding hydrogens is 286 g/mol. The Balaban J connectivity index is 0.00000361. The first-order valence-corrected chi connectivity index (χ1v) is 5.58. The lowest BCUT2D eigenvalue weighted by atomic mass is 10.2. The molecule has 8 heteroatoms. The summed E-state index contributed by atoms with van der Waals surface area (Å²) in [6.45, 7) is -0.296. The largest absolute Gasteiger partial charge is 0.497 e. The molecule has 1 aromatic carbocycles. The van der Waals surface area contributed by atoms with Crippen molar-refractivity contribution in [1.82, 2.24) is 5.32 Å². The van der Waals surface area contributed by atoms with Crippen LogP contribution >= 0.6 is 12.4 Å². The first-order chi connectivity index (χ1) is 9.08. The van der Waals surface area contributed by atoms with Gasteiger partial charge in [0.15, 0.2) is 0 Å². The maximum absolute atomic E-state index is 11.6. The number of amides is 2. The molecule has 1 aromatic rings. The third-order valence-corrected chi connectivity index (χ3v) is 2.27. The smallest absolute Gasteiger partial charge is 0.243 e. The van der Waals surface area contributed by atoms with Crippen LogP contribution in [0.2, 0.25) is 0 Å². The van der Waals surface area contributed by atoms with Gasteiger partial charge in [-0.05, 0) is 0 Å². The molecule has 20 heavy (non-hydrogen) atoms. The normalized spacial score (nSPS) is 9.15. The lowest BCUT2D eigenvalue weighted by Crippen LogP contribution is -2.36. The first-order valence-electron chi connectivity index (χ1n) is 5.58. The highest BCUT2D eigenvalue weighted by atomic mass is 35.5. The molecule has 0 bridgehead atoms. The van der Waals surface area contributed by atoms with Crippen LogP contribution in [-0.2, 0) is 9.59 Å². The topological polar surface area (TPSA) is 103 Å². The summed E-state index contributed by atoms with van der Waals surface area (Å²) in [6.07, 6.45) is 0. The second kappa shape index (κ2) is 9.00. The van der Waals surface area contributed by atoms with E-state index >= 15 is 0 Å². The second-order valence-electron chi connectivity index (χ2n) is 3.63. The van der Waals surface area contributed by atoms with Gasteiger partial charge in [-0.15, -0.1) is 12.4 Å². The molecule has 4 N–H and O–H groups in total. The fourth-order valence-electron chi connectivity index (χ4n) is 1.34. The van der Waals surface area contributed by atoms with E-state index in [1.165, 1.54) is 14.2 Å². The number of hydrogen-bond donors (Lipinski definition) is 3. The van der Waals surface area contributed by atoms with Crippen LogP contribution in [0.25, 0.3) is 0 Å². The number of ether oxygens (including phenoxy) is 2. The highest BCUT2D eigenvalue weighted by Gasteiger charge is 2.07. The van der Waals surface area contributed by atoms with Crippen LogP contribution in [0.4, 0.5) is 5.69 Å². The fraction of sp³-hybridized carbons (Fsp3) is 0.333. The molecular formula is C12H18ClN3O4. The number of hydrogen-bond acceptors (Lipinski definition) is 5. The molecule has 0 unspecified atom stereocenters. The Morgan fingerprint density at radius 1 is 1.10 bits per heavy atom. The Morgan fingerprint density at radius 3 is 2.10 bits per heavy atom. The molecule has 112 valence electrons. The third-order valence-electron chi connectivity index (χ3n) is 2.27. The summed E-state index contributed by atoms with van der Waals surface area (Å²) < 4.78 is 10.2. The number of benzene rings is 1. The standard InChI is InChI=1S/C12H17N3O4.ClH/c1-18-9-3-8(4-10(5-9)19-2)15-12(17)7-14-11(16)6-13;/h3-5H,6-7,13H2,1-2H3,(H,14,16)(H,15,17);1H. The Morgan fingerprint density at radius 2 is 1.65 bits per heavy atom. The molecule has 0 aliphatic carbocycles. The van der Waals surface area contributed by atoms with Crippen LogP contribution in [0.15, 0.2) is 18.2 Å². The van der Waals surface area contributed by atoms with Gasteiger partial charge in [0.1, 0.15) is 11.5 Å². The van der Waals surface area contributed by atoms with Crippen LogP contribution in [0, 0.1) is 0 Å². The summed E-state index contributed by atoms with van der Waals surface area (Å²) in [5.41, 5.74) is 5.63. The van der Waals surface area contributed by atoms with Crippen molar-refractivity contribution >= 4 is 29.9 Å². The number of anilines is 1. The molecule has 0 aromatic heterocycles. The van der Waals surface area contributed by atoms with E-state index in [-0.39, 0.29) is 31.4 Å². The van der Waals surface area contributed by atoms with Gasteiger partial charge >= 0.3 is 0 Å². The van der Waals surface area contributed by atoms with E-state index in [0.717, 1.165) is 0 Å². The van der Waals surface area contributed by atoms with Gasteiger partial charge in [-0.2, -0.15) is 0 Å². The van der Waals surface area contributed by atoms with Gasteiger partial charge in [0, 0.05) is 23.9 Å². The summed E-state index contributed by atoms with van der Waals surface area (Å²) >= 11 is 0. The number of rotatable bonds is 6. The van der Waals surface area contributed by atoms with Crippen molar-refractivity contribution in [3.05, 3.63) is 18.2 Å². The van der Waals surface area contributed by atoms with E-state index in [4.69, 9.17) is 15.2 Å². The quantitative estimate of drug-likeness (QED) is 0.693. The van der Waals surface area contributed by atoms with Gasteiger partial charge in [0.25, 0.3) is 0 Å². The maximum Gasteiger partial charge on any atom is 0.243 e. The summed E-state index contributed by atoms with van der Waals surface area (Å²) in [4.78, 5) is 22.5. The first kappa shape index (κ1) is 18.0. The number of methoxy groups -OCH3 is 2. The van der Waals surface area contributed by atoms with Gasteiger partial charge in [-0.3, -0.25) is 9.59 Å². The van der Waals surface area contributed by atoms with Crippen molar-refractivity contribution in [2.75, 3.05) is 32.6 Å². The van der Waals surface area contributed by atoms with Crippen LogP contribution in [0.3, 0.4) is 0 Å². The average molecular weight is 304 g/mol. The maximum atomic E-state index is 11.6. The summed E-state index contributed by atoms with van der Waals surface area (Å²) in [5, 5.41) is 4.99. The number of carbonyl (C=O) groups is 2. The summed E-state index contributed by atoms with van der Waals surface area (Å²) in [5.74, 6) is 0.358. The Labute approximate surface area is 123 Å². The van der Waals surface area contributed by atoms with Crippen LogP contribution in [0.1, 0.15) is 0 Å². The molecule has 0 radical (unpaired) electrons. The van der Waals surface area contributed by atoms with Gasteiger partial charge in [-0.1, -0.05) is 0 Å². The zero-order valence-electron chi connectivity index (χ0n) is 11.3. The van der Waals surface area contributed by atoms with Crippen molar-refractivity contribution in [3.63, 3.8) is 0 Å². The fourth-order valence-corrected chi connectivity index (χ4v) is 1.34. The number of nitrogens with one attached hydrogen (secondary N) is 2. The molecule has 7 nitrogen and oxygen atoms in total. The zero-order chi connectivity index (χ0) is 14.3. The van der Waals surface area contributed by atoms with Crippen molar-refractivity contribution in [2.24, 2.45) is 5.73 Å². The number of nitrogens with two attached hydrogens (primary N) is 1. The van der Waals surface area contributed by atoms with Crippen LogP contribution in [-0.4, -0.2) is 39.1 Å². The minimum Gasteiger partial charge on any atom is -0.497 e. The monoisotopic (exact) mass is 303 g/mol. The van der Waals surface area contributed by atoms with Gasteiger partial charge in [-0.25, -0.2) is 0 Å². The van der Waals surface area contributed by atoms with E-state index in [2.05, 4.69) is 10.6 Å². The van der Waals surface area contributed by atoms with Gasteiger partial charge in [0.05, 0.1) is 27.3 Å². The SMILES string of the molecule is COc1cc(NC(=O)CNC(=O)CN)cc(OC)c1.Cl. The van der Waals surface area contributed by atoms with Crippen molar-refractivity contribution in [1.29, 1.82) is 0 Å². The van der Waals surface area contributed by atoms with Crippen molar-refractivity contribution < 1.29 is 19.1 Å². The predicted octanol–water partition coefficient (Wildman–Crippen LogP) is 0.139. The molecule has 0 saturated carbocycles. The molecule has 1 rings (SSSR count). The summed E-state index contributed by atoms with van der Waals surface area (Å²) in [7, 11) is 3.03. The molecule has 0 spiro atoms. The predicted molar refractivity (Wildman–Crippen MR) is 77.5 cm³/mol. The number of carbonyl (C=O) groups excluding carboxylic acids is 2. The lowest BCUT2D eigenvalue weighted by Gasteiger charge is -2.10. The highest BCUT2D eigenvalue weighted by Crippen LogP contribution is 2.25. The Kier molecular flexibility index (Phi) is 8.10. The molecule has 2 amide bonds. The second-order valence-corrected chi connectivity index (χ2v) is 3.63. The minimum absolute atomic E-state index is 0. The highest BCUT2D eigenvalue weighted by molar-refractivity contribution is 5.95. The van der Waals surface area contributed by atoms with Gasteiger partial charge < -0.3 is 25.8 Å². The van der Waals surface area contributed by atoms with Crippen LogP contribution in [0.5, 0.6) is 11.5 Å². The molecule has 0 heterocycles. The van der Waals surface area contributed by atoms with Crippen molar-refractivity contribution in [3.8, 4) is 11.5 Å². The molecule has 0 atom stereocenters. The lowest BCUT2D eigenvalue weighted by molar-refractivity contribution is -0.123. The molecule has 0 aliphatic rings. The zero-order valence-corrected chi connectivity index (χ0v) is 12.1. The third kappa shape index (κ3) is 5.77. The molecule has 0 saturated heterocycles. The summed E-state index contributed by atoms with van der Waals surface area (Å²) in [6, 6.07) is 4.97. The Bertz CT molecular complexity index is 446. The van der Waals surface area contributed by atoms with Crippen LogP contribution < -0.4 is 25.8 Å². The van der Waals surface area contributed by atoms with Gasteiger partial charge in [0.2, 0.25) is 11.8 Å². The van der Waals surface area contributed by atoms with Crippen molar-refractivity contribution in [2.45, 2.75) is 0 Å². The Hall–Kier alpha value is -1.99. The van der Waals surface area contributed by atoms with E-state index in [0.29, 0.717) is 17.2 Å². The van der Waals surface area contributed by atoms with E-state index < -0.39 is 5.91 Å².